The van der Waals surface area contributed by atoms with Gasteiger partial charge in [-0.15, -0.1) is 0 Å². The van der Waals surface area contributed by atoms with E-state index in [2.05, 4.69) is 4.90 Å². The predicted octanol–water partition coefficient (Wildman–Crippen LogP) is 3.41. The van der Waals surface area contributed by atoms with E-state index in [-0.39, 0.29) is 10.7 Å². The summed E-state index contributed by atoms with van der Waals surface area (Å²) in [7, 11) is 2.02. The first-order valence-electron chi connectivity index (χ1n) is 10.2. The molecule has 0 aromatic heterocycles. The Labute approximate surface area is 185 Å². The molecule has 0 bridgehead atoms. The van der Waals surface area contributed by atoms with E-state index in [1.165, 1.54) is 12.1 Å². The fourth-order valence-corrected chi connectivity index (χ4v) is 4.02. The first-order valence-corrected chi connectivity index (χ1v) is 10.5. The minimum absolute atomic E-state index is 0.145. The second-order valence-corrected chi connectivity index (χ2v) is 7.92. The number of benzene rings is 2. The van der Waals surface area contributed by atoms with Gasteiger partial charge in [-0.05, 0) is 49.9 Å². The monoisotopic (exact) mass is 443 g/mol. The average molecular weight is 444 g/mol. The summed E-state index contributed by atoms with van der Waals surface area (Å²) in [5.74, 6) is -0.803. The van der Waals surface area contributed by atoms with Crippen LogP contribution >= 0.6 is 11.6 Å². The van der Waals surface area contributed by atoms with Crippen LogP contribution in [0.3, 0.4) is 0 Å². The highest BCUT2D eigenvalue weighted by Crippen LogP contribution is 2.36. The van der Waals surface area contributed by atoms with E-state index in [4.69, 9.17) is 16.3 Å². The van der Waals surface area contributed by atoms with Crippen molar-refractivity contribution in [1.29, 1.82) is 0 Å². The molecule has 8 heteroatoms. The number of anilines is 1. The summed E-state index contributed by atoms with van der Waals surface area (Å²) >= 11 is 5.92. The van der Waals surface area contributed by atoms with Crippen LogP contribution in [0.2, 0.25) is 5.02 Å². The molecule has 4 rings (SSSR count). The van der Waals surface area contributed by atoms with Gasteiger partial charge >= 0.3 is 0 Å². The van der Waals surface area contributed by atoms with Crippen molar-refractivity contribution in [2.75, 3.05) is 44.7 Å². The van der Waals surface area contributed by atoms with Gasteiger partial charge in [-0.2, -0.15) is 0 Å². The molecule has 0 N–H and O–H groups in total. The number of halogens is 2. The first-order chi connectivity index (χ1) is 14.9. The molecule has 31 heavy (non-hydrogen) atoms. The SMILES string of the molecule is CCOc1ccc(C2=C(N3CCN(C)CC3)C(=O)N(c3ccc(F)c(Cl)c3)C2=O)cc1. The summed E-state index contributed by atoms with van der Waals surface area (Å²) in [6.07, 6.45) is 0. The fourth-order valence-electron chi connectivity index (χ4n) is 3.84. The Balaban J connectivity index is 1.78. The number of hydrogen-bond acceptors (Lipinski definition) is 5. The second kappa shape index (κ2) is 8.69. The van der Waals surface area contributed by atoms with Crippen molar-refractivity contribution in [3.8, 4) is 5.75 Å². The highest BCUT2D eigenvalue weighted by molar-refractivity contribution is 6.45. The summed E-state index contributed by atoms with van der Waals surface area (Å²) in [5.41, 5.74) is 1.57. The highest BCUT2D eigenvalue weighted by Gasteiger charge is 2.43. The molecule has 2 aliphatic heterocycles. The van der Waals surface area contributed by atoms with Gasteiger partial charge in [-0.3, -0.25) is 9.59 Å². The van der Waals surface area contributed by atoms with E-state index in [0.29, 0.717) is 42.3 Å². The van der Waals surface area contributed by atoms with E-state index in [1.54, 1.807) is 24.3 Å². The minimum atomic E-state index is -0.608. The molecule has 6 nitrogen and oxygen atoms in total. The molecule has 0 radical (unpaired) electrons. The van der Waals surface area contributed by atoms with E-state index >= 15 is 0 Å². The van der Waals surface area contributed by atoms with Crippen molar-refractivity contribution < 1.29 is 18.7 Å². The Bertz CT molecular complexity index is 1050. The number of piperazine rings is 1. The number of nitrogens with zero attached hydrogens (tertiary/aromatic N) is 3. The van der Waals surface area contributed by atoms with Crippen LogP contribution in [0, 0.1) is 5.82 Å². The van der Waals surface area contributed by atoms with Crippen LogP contribution < -0.4 is 9.64 Å². The second-order valence-electron chi connectivity index (χ2n) is 7.52. The Hall–Kier alpha value is -2.90. The van der Waals surface area contributed by atoms with Crippen LogP contribution in [-0.4, -0.2) is 61.4 Å². The summed E-state index contributed by atoms with van der Waals surface area (Å²) < 4.78 is 19.2. The van der Waals surface area contributed by atoms with Crippen LogP contribution in [0.1, 0.15) is 12.5 Å². The lowest BCUT2D eigenvalue weighted by Gasteiger charge is -2.34. The molecule has 1 saturated heterocycles. The van der Waals surface area contributed by atoms with E-state index in [9.17, 15) is 14.0 Å². The Kier molecular flexibility index (Phi) is 5.98. The number of imide groups is 1. The van der Waals surface area contributed by atoms with Crippen molar-refractivity contribution >= 4 is 34.7 Å². The maximum atomic E-state index is 13.7. The lowest BCUT2D eigenvalue weighted by atomic mass is 10.0. The van der Waals surface area contributed by atoms with Gasteiger partial charge in [0.15, 0.2) is 0 Å². The standard InChI is InChI=1S/C23H23ClFN3O3/c1-3-31-17-7-4-15(5-8-17)20-21(27-12-10-26(2)11-13-27)23(30)28(22(20)29)16-6-9-19(25)18(24)14-16/h4-9,14H,3,10-13H2,1-2H3. The third kappa shape index (κ3) is 4.03. The lowest BCUT2D eigenvalue weighted by Crippen LogP contribution is -2.46. The topological polar surface area (TPSA) is 53.1 Å². The van der Waals surface area contributed by atoms with Gasteiger partial charge in [0.05, 0.1) is 22.9 Å². The number of likely N-dealkylation sites (N-methyl/N-ethyl adjacent to an activating group) is 1. The van der Waals surface area contributed by atoms with Gasteiger partial charge in [0.2, 0.25) is 0 Å². The van der Waals surface area contributed by atoms with Gasteiger partial charge in [-0.25, -0.2) is 9.29 Å². The maximum Gasteiger partial charge on any atom is 0.282 e. The predicted molar refractivity (Wildman–Crippen MR) is 118 cm³/mol. The zero-order valence-electron chi connectivity index (χ0n) is 17.4. The molecule has 2 aromatic rings. The quantitative estimate of drug-likeness (QED) is 0.663. The summed E-state index contributed by atoms with van der Waals surface area (Å²) in [4.78, 5) is 32.2. The van der Waals surface area contributed by atoms with Gasteiger partial charge in [0, 0.05) is 26.2 Å². The van der Waals surface area contributed by atoms with Crippen molar-refractivity contribution in [2.45, 2.75) is 6.92 Å². The van der Waals surface area contributed by atoms with E-state index < -0.39 is 17.6 Å². The molecule has 0 spiro atoms. The number of amides is 2. The Morgan fingerprint density at radius 3 is 2.29 bits per heavy atom. The lowest BCUT2D eigenvalue weighted by molar-refractivity contribution is -0.120. The molecule has 2 heterocycles. The number of hydrogen-bond donors (Lipinski definition) is 0. The molecule has 0 saturated carbocycles. The molecule has 1 fully saturated rings. The summed E-state index contributed by atoms with van der Waals surface area (Å²) in [6, 6.07) is 11.0. The number of carbonyl (C=O) groups is 2. The van der Waals surface area contributed by atoms with Gasteiger partial charge in [0.1, 0.15) is 17.3 Å². The molecule has 2 amide bonds. The van der Waals surface area contributed by atoms with Crippen LogP contribution in [0.5, 0.6) is 5.75 Å². The van der Waals surface area contributed by atoms with Gasteiger partial charge in [0.25, 0.3) is 11.8 Å². The van der Waals surface area contributed by atoms with E-state index in [1.807, 2.05) is 18.9 Å². The zero-order valence-corrected chi connectivity index (χ0v) is 18.2. The molecule has 0 unspecified atom stereocenters. The van der Waals surface area contributed by atoms with Crippen molar-refractivity contribution in [1.82, 2.24) is 9.80 Å². The average Bonchev–Trinajstić information content (AvgIpc) is 3.02. The van der Waals surface area contributed by atoms with Crippen molar-refractivity contribution in [3.05, 3.63) is 64.6 Å². The Morgan fingerprint density at radius 2 is 1.68 bits per heavy atom. The number of ether oxygens (including phenoxy) is 1. The van der Waals surface area contributed by atoms with Gasteiger partial charge in [-0.1, -0.05) is 23.7 Å². The number of rotatable bonds is 5. The third-order valence-corrected chi connectivity index (χ3v) is 5.78. The molecule has 2 aromatic carbocycles. The summed E-state index contributed by atoms with van der Waals surface area (Å²) in [5, 5.41) is -0.145. The molecule has 2 aliphatic rings. The largest absolute Gasteiger partial charge is 0.494 e. The molecule has 0 aliphatic carbocycles. The highest BCUT2D eigenvalue weighted by atomic mass is 35.5. The third-order valence-electron chi connectivity index (χ3n) is 5.49. The molecular weight excluding hydrogens is 421 g/mol. The Morgan fingerprint density at radius 1 is 1.00 bits per heavy atom. The van der Waals surface area contributed by atoms with Crippen molar-refractivity contribution in [2.24, 2.45) is 0 Å². The summed E-state index contributed by atoms with van der Waals surface area (Å²) in [6.45, 7) is 5.25. The normalized spacial score (nSPS) is 17.7. The van der Waals surface area contributed by atoms with Crippen LogP contribution in [0.15, 0.2) is 48.2 Å². The van der Waals surface area contributed by atoms with E-state index in [0.717, 1.165) is 24.1 Å². The smallest absolute Gasteiger partial charge is 0.282 e. The minimum Gasteiger partial charge on any atom is -0.494 e. The van der Waals surface area contributed by atoms with Crippen LogP contribution in [0.25, 0.3) is 5.57 Å². The van der Waals surface area contributed by atoms with Crippen LogP contribution in [0.4, 0.5) is 10.1 Å². The van der Waals surface area contributed by atoms with Crippen LogP contribution in [-0.2, 0) is 9.59 Å². The number of carbonyl (C=O) groups excluding carboxylic acids is 2. The molecule has 162 valence electrons. The molecular formula is C23H23ClFN3O3. The fraction of sp³-hybridized carbons (Fsp3) is 0.304. The molecule has 0 atom stereocenters. The first kappa shape index (κ1) is 21.3. The van der Waals surface area contributed by atoms with Gasteiger partial charge < -0.3 is 14.5 Å². The zero-order chi connectivity index (χ0) is 22.1. The maximum absolute atomic E-state index is 13.7. The van der Waals surface area contributed by atoms with Crippen molar-refractivity contribution in [3.63, 3.8) is 0 Å².